The molecule has 1 aromatic carbocycles. The summed E-state index contributed by atoms with van der Waals surface area (Å²) < 4.78 is 16.5. The van der Waals surface area contributed by atoms with Crippen molar-refractivity contribution in [2.24, 2.45) is 0 Å². The van der Waals surface area contributed by atoms with Crippen LogP contribution < -0.4 is 0 Å². The molecule has 1 spiro atoms. The molecule has 1 aromatic heterocycles. The molecule has 0 N–H and O–H groups in total. The number of nitrogens with zero attached hydrogens (tertiary/aromatic N) is 3. The Labute approximate surface area is 145 Å². The Morgan fingerprint density at radius 1 is 1.16 bits per heavy atom. The predicted molar refractivity (Wildman–Crippen MR) is 88.9 cm³/mol. The van der Waals surface area contributed by atoms with E-state index in [0.29, 0.717) is 50.0 Å². The Morgan fingerprint density at radius 3 is 2.44 bits per heavy atom. The van der Waals surface area contributed by atoms with Gasteiger partial charge in [0.1, 0.15) is 0 Å². The lowest BCUT2D eigenvalue weighted by atomic mass is 10.0. The molecule has 1 amide bonds. The molecular weight excluding hydrogens is 322 g/mol. The van der Waals surface area contributed by atoms with Gasteiger partial charge in [0.15, 0.2) is 5.79 Å². The monoisotopic (exact) mass is 343 g/mol. The van der Waals surface area contributed by atoms with Crippen LogP contribution in [-0.4, -0.2) is 53.0 Å². The van der Waals surface area contributed by atoms with Gasteiger partial charge in [-0.1, -0.05) is 24.2 Å². The van der Waals surface area contributed by atoms with Crippen LogP contribution in [0.15, 0.2) is 28.8 Å². The van der Waals surface area contributed by atoms with Crippen LogP contribution in [0.25, 0.3) is 11.4 Å². The molecule has 0 bridgehead atoms. The lowest BCUT2D eigenvalue weighted by Gasteiger charge is -2.37. The zero-order chi connectivity index (χ0) is 17.3. The average molecular weight is 343 g/mol. The van der Waals surface area contributed by atoms with Crippen molar-refractivity contribution >= 4 is 5.91 Å². The van der Waals surface area contributed by atoms with Gasteiger partial charge in [-0.3, -0.25) is 4.79 Å². The van der Waals surface area contributed by atoms with E-state index >= 15 is 0 Å². The molecule has 0 atom stereocenters. The Kier molecular flexibility index (Phi) is 4.27. The fourth-order valence-electron chi connectivity index (χ4n) is 3.30. The molecule has 0 aliphatic carbocycles. The largest absolute Gasteiger partial charge is 0.347 e. The second-order valence-corrected chi connectivity index (χ2v) is 6.34. The fraction of sp³-hybridized carbons (Fsp3) is 0.500. The standard InChI is InChI=1S/C18H21N3O4/c1-2-15-19-16(20-25-15)13-3-5-14(6-4-13)17(22)21-9-7-18(8-10-21)23-11-12-24-18/h3-6H,2,7-12H2,1H3. The van der Waals surface area contributed by atoms with Crippen LogP contribution in [0, 0.1) is 0 Å². The summed E-state index contributed by atoms with van der Waals surface area (Å²) in [4.78, 5) is 18.9. The molecule has 7 heteroatoms. The number of hydrogen-bond acceptors (Lipinski definition) is 6. The molecular formula is C18H21N3O4. The molecule has 7 nitrogen and oxygen atoms in total. The van der Waals surface area contributed by atoms with E-state index in [9.17, 15) is 4.79 Å². The van der Waals surface area contributed by atoms with Crippen molar-refractivity contribution in [3.8, 4) is 11.4 Å². The van der Waals surface area contributed by atoms with Crippen LogP contribution in [0.4, 0.5) is 0 Å². The molecule has 2 aliphatic heterocycles. The van der Waals surface area contributed by atoms with Gasteiger partial charge in [0.05, 0.1) is 13.2 Å². The van der Waals surface area contributed by atoms with Crippen LogP contribution in [0.1, 0.15) is 36.0 Å². The van der Waals surface area contributed by atoms with Gasteiger partial charge >= 0.3 is 0 Å². The van der Waals surface area contributed by atoms with Gasteiger partial charge in [-0.25, -0.2) is 0 Å². The Balaban J connectivity index is 1.42. The van der Waals surface area contributed by atoms with Crippen LogP contribution in [0.3, 0.4) is 0 Å². The van der Waals surface area contributed by atoms with Crippen LogP contribution in [0.5, 0.6) is 0 Å². The average Bonchev–Trinajstić information content (AvgIpc) is 3.32. The maximum absolute atomic E-state index is 12.7. The van der Waals surface area contributed by atoms with E-state index in [-0.39, 0.29) is 5.91 Å². The first-order valence-corrected chi connectivity index (χ1v) is 8.69. The number of piperidine rings is 1. The summed E-state index contributed by atoms with van der Waals surface area (Å²) in [5.74, 6) is 0.720. The Hall–Kier alpha value is -2.25. The van der Waals surface area contributed by atoms with Crippen molar-refractivity contribution in [3.63, 3.8) is 0 Å². The number of aromatic nitrogens is 2. The lowest BCUT2D eigenvalue weighted by Crippen LogP contribution is -2.47. The molecule has 2 aliphatic rings. The quantitative estimate of drug-likeness (QED) is 0.851. The van der Waals surface area contributed by atoms with Gasteiger partial charge in [0.2, 0.25) is 11.7 Å². The van der Waals surface area contributed by atoms with Gasteiger partial charge in [0.25, 0.3) is 5.91 Å². The van der Waals surface area contributed by atoms with Crippen LogP contribution in [0.2, 0.25) is 0 Å². The maximum Gasteiger partial charge on any atom is 0.253 e. The lowest BCUT2D eigenvalue weighted by molar-refractivity contribution is -0.181. The van der Waals surface area contributed by atoms with Crippen molar-refractivity contribution in [1.29, 1.82) is 0 Å². The van der Waals surface area contributed by atoms with E-state index in [1.165, 1.54) is 0 Å². The maximum atomic E-state index is 12.7. The van der Waals surface area contributed by atoms with Crippen molar-refractivity contribution in [2.75, 3.05) is 26.3 Å². The first-order valence-electron chi connectivity index (χ1n) is 8.69. The minimum Gasteiger partial charge on any atom is -0.347 e. The summed E-state index contributed by atoms with van der Waals surface area (Å²) in [7, 11) is 0. The molecule has 4 rings (SSSR count). The first-order chi connectivity index (χ1) is 12.2. The van der Waals surface area contributed by atoms with Crippen molar-refractivity contribution in [1.82, 2.24) is 15.0 Å². The summed E-state index contributed by atoms with van der Waals surface area (Å²) >= 11 is 0. The summed E-state index contributed by atoms with van der Waals surface area (Å²) in [6.45, 7) is 4.54. The fourth-order valence-corrected chi connectivity index (χ4v) is 3.30. The van der Waals surface area contributed by atoms with Crippen LogP contribution in [-0.2, 0) is 15.9 Å². The number of amides is 1. The molecule has 3 heterocycles. The van der Waals surface area contributed by atoms with Crippen molar-refractivity contribution < 1.29 is 18.8 Å². The smallest absolute Gasteiger partial charge is 0.253 e. The highest BCUT2D eigenvalue weighted by molar-refractivity contribution is 5.94. The van der Waals surface area contributed by atoms with E-state index in [0.717, 1.165) is 18.4 Å². The zero-order valence-corrected chi connectivity index (χ0v) is 14.2. The second kappa shape index (κ2) is 6.57. The van der Waals surface area contributed by atoms with Crippen LogP contribution >= 0.6 is 0 Å². The number of rotatable bonds is 3. The third kappa shape index (κ3) is 3.17. The second-order valence-electron chi connectivity index (χ2n) is 6.34. The van der Waals surface area contributed by atoms with E-state index in [1.807, 2.05) is 36.1 Å². The summed E-state index contributed by atoms with van der Waals surface area (Å²) in [5.41, 5.74) is 1.50. The normalized spacial score (nSPS) is 19.5. The number of benzene rings is 1. The third-order valence-electron chi connectivity index (χ3n) is 4.79. The number of hydrogen-bond donors (Lipinski definition) is 0. The molecule has 25 heavy (non-hydrogen) atoms. The van der Waals surface area contributed by atoms with Gasteiger partial charge in [0, 0.05) is 43.5 Å². The van der Waals surface area contributed by atoms with E-state index in [4.69, 9.17) is 14.0 Å². The number of carbonyl (C=O) groups excluding carboxylic acids is 1. The first kappa shape index (κ1) is 16.2. The number of ether oxygens (including phenoxy) is 2. The molecule has 2 aromatic rings. The third-order valence-corrected chi connectivity index (χ3v) is 4.79. The molecule has 0 unspecified atom stereocenters. The number of carbonyl (C=O) groups is 1. The SMILES string of the molecule is CCc1nc(-c2ccc(C(=O)N3CCC4(CC3)OCCO4)cc2)no1. The molecule has 0 radical (unpaired) electrons. The minimum absolute atomic E-state index is 0.0294. The topological polar surface area (TPSA) is 77.7 Å². The molecule has 2 fully saturated rings. The van der Waals surface area contributed by atoms with E-state index in [2.05, 4.69) is 10.1 Å². The molecule has 0 saturated carbocycles. The summed E-state index contributed by atoms with van der Waals surface area (Å²) in [6, 6.07) is 7.33. The van der Waals surface area contributed by atoms with Gasteiger partial charge in [-0.2, -0.15) is 4.98 Å². The van der Waals surface area contributed by atoms with E-state index in [1.54, 1.807) is 0 Å². The van der Waals surface area contributed by atoms with Gasteiger partial charge < -0.3 is 18.9 Å². The highest BCUT2D eigenvalue weighted by Crippen LogP contribution is 2.31. The zero-order valence-electron chi connectivity index (χ0n) is 14.2. The highest BCUT2D eigenvalue weighted by Gasteiger charge is 2.40. The molecule has 2 saturated heterocycles. The summed E-state index contributed by atoms with van der Waals surface area (Å²) in [5, 5.41) is 3.95. The Morgan fingerprint density at radius 2 is 1.84 bits per heavy atom. The van der Waals surface area contributed by atoms with Crippen molar-refractivity contribution in [2.45, 2.75) is 32.0 Å². The highest BCUT2D eigenvalue weighted by atomic mass is 16.7. The van der Waals surface area contributed by atoms with Gasteiger partial charge in [-0.05, 0) is 12.1 Å². The minimum atomic E-state index is -0.462. The number of aryl methyl sites for hydroxylation is 1. The van der Waals surface area contributed by atoms with E-state index < -0.39 is 5.79 Å². The summed E-state index contributed by atoms with van der Waals surface area (Å²) in [6.07, 6.45) is 2.15. The number of likely N-dealkylation sites (tertiary alicyclic amines) is 1. The Bertz CT molecular complexity index is 740. The van der Waals surface area contributed by atoms with Gasteiger partial charge in [-0.15, -0.1) is 0 Å². The molecule has 132 valence electrons. The predicted octanol–water partition coefficient (Wildman–Crippen LogP) is 2.28. The van der Waals surface area contributed by atoms with Crippen molar-refractivity contribution in [3.05, 3.63) is 35.7 Å².